The van der Waals surface area contributed by atoms with Gasteiger partial charge < -0.3 is 4.90 Å². The summed E-state index contributed by atoms with van der Waals surface area (Å²) < 4.78 is 0. The number of aromatic nitrogens is 3. The van der Waals surface area contributed by atoms with Crippen LogP contribution in [-0.4, -0.2) is 15.2 Å². The van der Waals surface area contributed by atoms with E-state index in [9.17, 15) is 0 Å². The number of nitrogens with zero attached hydrogens (tertiary/aromatic N) is 4. The molecule has 7 aromatic carbocycles. The number of benzene rings is 7. The molecule has 8 aromatic rings. The van der Waals surface area contributed by atoms with E-state index in [-0.39, 0.29) is 0 Å². The van der Waals surface area contributed by atoms with Crippen LogP contribution in [0.15, 0.2) is 182 Å². The van der Waals surface area contributed by atoms with Crippen molar-refractivity contribution in [1.82, 2.24) is 15.2 Å². The molecule has 1 aliphatic heterocycles. The van der Waals surface area contributed by atoms with E-state index in [0.29, 0.717) is 5.82 Å². The maximum absolute atomic E-state index is 5.26. The lowest BCUT2D eigenvalue weighted by atomic mass is 9.64. The SMILES string of the molecule is c1ccc(-c2nnc(-c3ccc4c(c3)C3(c5ccccc5-4)c4ccccc4N(c4ccccc4)c4ccccc43)nc2-c2ccccc2)cc1. The van der Waals surface area contributed by atoms with Crippen molar-refractivity contribution in [2.24, 2.45) is 0 Å². The standard InChI is InChI=1S/C46H30N4/c1-4-16-31(17-5-1)43-44(32-18-6-2-7-19-32)48-49-45(47-43)33-28-29-36-35-22-10-11-23-37(35)46(40(36)30-33)38-24-12-14-26-41(38)50(34-20-8-3-9-21-34)42-27-15-13-25-39(42)46/h1-30H. The molecule has 2 heterocycles. The number of hydrogen-bond acceptors (Lipinski definition) is 4. The number of anilines is 3. The molecule has 50 heavy (non-hydrogen) atoms. The van der Waals surface area contributed by atoms with Crippen LogP contribution in [0.5, 0.6) is 0 Å². The largest absolute Gasteiger partial charge is 0.310 e. The van der Waals surface area contributed by atoms with Crippen molar-refractivity contribution in [3.63, 3.8) is 0 Å². The van der Waals surface area contributed by atoms with Gasteiger partial charge in [-0.2, -0.15) is 0 Å². The first-order chi connectivity index (χ1) is 24.8. The molecule has 0 radical (unpaired) electrons. The third kappa shape index (κ3) is 4.09. The van der Waals surface area contributed by atoms with Crippen molar-refractivity contribution in [3.8, 4) is 45.0 Å². The number of rotatable bonds is 4. The predicted octanol–water partition coefficient (Wildman–Crippen LogP) is 11.0. The Morgan fingerprint density at radius 3 is 1.56 bits per heavy atom. The quantitative estimate of drug-likeness (QED) is 0.192. The molecule has 0 amide bonds. The molecule has 0 saturated carbocycles. The number of fused-ring (bicyclic) bond motifs is 9. The molecule has 2 aliphatic rings. The summed E-state index contributed by atoms with van der Waals surface area (Å²) in [7, 11) is 0. The minimum atomic E-state index is -0.555. The summed E-state index contributed by atoms with van der Waals surface area (Å²) in [4.78, 5) is 7.66. The molecule has 1 spiro atoms. The van der Waals surface area contributed by atoms with Gasteiger partial charge in [0, 0.05) is 22.4 Å². The van der Waals surface area contributed by atoms with E-state index in [1.807, 2.05) is 36.4 Å². The molecule has 4 heteroatoms. The summed E-state index contributed by atoms with van der Waals surface area (Å²) >= 11 is 0. The van der Waals surface area contributed by atoms with E-state index in [4.69, 9.17) is 15.2 Å². The number of hydrogen-bond donors (Lipinski definition) is 0. The van der Waals surface area contributed by atoms with E-state index >= 15 is 0 Å². The second kappa shape index (κ2) is 11.2. The van der Waals surface area contributed by atoms with Crippen LogP contribution >= 0.6 is 0 Å². The van der Waals surface area contributed by atoms with Gasteiger partial charge in [-0.1, -0.05) is 152 Å². The Kier molecular flexibility index (Phi) is 6.36. The minimum absolute atomic E-state index is 0.555. The van der Waals surface area contributed by atoms with E-state index in [1.54, 1.807) is 0 Å². The van der Waals surface area contributed by atoms with Crippen LogP contribution in [0.25, 0.3) is 45.0 Å². The second-order valence-electron chi connectivity index (χ2n) is 12.8. The van der Waals surface area contributed by atoms with Gasteiger partial charge in [0.1, 0.15) is 11.4 Å². The van der Waals surface area contributed by atoms with Gasteiger partial charge in [0.05, 0.1) is 16.8 Å². The highest BCUT2D eigenvalue weighted by Gasteiger charge is 2.51. The summed E-state index contributed by atoms with van der Waals surface area (Å²) in [6.07, 6.45) is 0. The first-order valence-electron chi connectivity index (χ1n) is 17.0. The fourth-order valence-electron chi connectivity index (χ4n) is 8.14. The van der Waals surface area contributed by atoms with Gasteiger partial charge in [-0.3, -0.25) is 0 Å². The Labute approximate surface area is 291 Å². The van der Waals surface area contributed by atoms with E-state index in [2.05, 4.69) is 150 Å². The van der Waals surface area contributed by atoms with Crippen LogP contribution in [0.2, 0.25) is 0 Å². The lowest BCUT2D eigenvalue weighted by Gasteiger charge is -2.45. The molecule has 0 unspecified atom stereocenters. The Morgan fingerprint density at radius 1 is 0.380 bits per heavy atom. The van der Waals surface area contributed by atoms with Crippen LogP contribution in [0.3, 0.4) is 0 Å². The first-order valence-corrected chi connectivity index (χ1v) is 17.0. The predicted molar refractivity (Wildman–Crippen MR) is 202 cm³/mol. The van der Waals surface area contributed by atoms with Crippen molar-refractivity contribution >= 4 is 17.1 Å². The van der Waals surface area contributed by atoms with E-state index in [0.717, 1.165) is 33.8 Å². The summed E-state index contributed by atoms with van der Waals surface area (Å²) in [6.45, 7) is 0. The van der Waals surface area contributed by atoms with E-state index in [1.165, 1.54) is 44.8 Å². The Bertz CT molecular complexity index is 2500. The van der Waals surface area contributed by atoms with E-state index < -0.39 is 5.41 Å². The molecule has 4 nitrogen and oxygen atoms in total. The van der Waals surface area contributed by atoms with Crippen LogP contribution in [-0.2, 0) is 5.41 Å². The minimum Gasteiger partial charge on any atom is -0.310 e. The van der Waals surface area contributed by atoms with Crippen LogP contribution in [0, 0.1) is 0 Å². The Hall–Kier alpha value is -6.65. The zero-order valence-electron chi connectivity index (χ0n) is 27.1. The molecule has 1 aromatic heterocycles. The first kappa shape index (κ1) is 28.4. The van der Waals surface area contributed by atoms with Crippen molar-refractivity contribution in [2.45, 2.75) is 5.41 Å². The summed E-state index contributed by atoms with van der Waals surface area (Å²) in [6, 6.07) is 64.5. The van der Waals surface area contributed by atoms with Crippen LogP contribution in [0.1, 0.15) is 22.3 Å². The highest BCUT2D eigenvalue weighted by molar-refractivity contribution is 5.96. The molecule has 1 aliphatic carbocycles. The molecule has 0 atom stereocenters. The highest BCUT2D eigenvalue weighted by Crippen LogP contribution is 2.63. The molecule has 0 N–H and O–H groups in total. The normalized spacial score (nSPS) is 13.3. The third-order valence-electron chi connectivity index (χ3n) is 10.2. The van der Waals surface area contributed by atoms with Crippen molar-refractivity contribution in [3.05, 3.63) is 204 Å². The highest BCUT2D eigenvalue weighted by atomic mass is 15.2. The molecule has 0 saturated heterocycles. The van der Waals surface area contributed by atoms with Gasteiger partial charge in [-0.05, 0) is 63.7 Å². The van der Waals surface area contributed by atoms with Crippen LogP contribution < -0.4 is 4.90 Å². The smallest absolute Gasteiger partial charge is 0.182 e. The fraction of sp³-hybridized carbons (Fsp3) is 0.0217. The summed E-state index contributed by atoms with van der Waals surface area (Å²) in [5.74, 6) is 0.598. The van der Waals surface area contributed by atoms with Gasteiger partial charge in [-0.25, -0.2) is 4.98 Å². The third-order valence-corrected chi connectivity index (χ3v) is 10.2. The Balaban J connectivity index is 1.24. The average Bonchev–Trinajstić information content (AvgIpc) is 3.49. The Morgan fingerprint density at radius 2 is 0.900 bits per heavy atom. The van der Waals surface area contributed by atoms with Gasteiger partial charge >= 0.3 is 0 Å². The molecule has 10 rings (SSSR count). The molecular weight excluding hydrogens is 609 g/mol. The molecule has 234 valence electrons. The second-order valence-corrected chi connectivity index (χ2v) is 12.8. The van der Waals surface area contributed by atoms with Crippen molar-refractivity contribution < 1.29 is 0 Å². The zero-order chi connectivity index (χ0) is 33.1. The number of para-hydroxylation sites is 3. The maximum atomic E-state index is 5.26. The lowest BCUT2D eigenvalue weighted by Crippen LogP contribution is -2.36. The monoisotopic (exact) mass is 638 g/mol. The van der Waals surface area contributed by atoms with Crippen LogP contribution in [0.4, 0.5) is 17.1 Å². The lowest BCUT2D eigenvalue weighted by molar-refractivity contribution is 0.752. The van der Waals surface area contributed by atoms with Crippen molar-refractivity contribution in [1.29, 1.82) is 0 Å². The van der Waals surface area contributed by atoms with Gasteiger partial charge in [-0.15, -0.1) is 10.2 Å². The maximum Gasteiger partial charge on any atom is 0.182 e. The average molecular weight is 639 g/mol. The van der Waals surface area contributed by atoms with Gasteiger partial charge in [0.2, 0.25) is 0 Å². The van der Waals surface area contributed by atoms with Crippen molar-refractivity contribution in [2.75, 3.05) is 4.90 Å². The topological polar surface area (TPSA) is 41.9 Å². The fourth-order valence-corrected chi connectivity index (χ4v) is 8.14. The summed E-state index contributed by atoms with van der Waals surface area (Å²) in [5, 5.41) is 9.63. The summed E-state index contributed by atoms with van der Waals surface area (Å²) in [5.41, 5.74) is 14.9. The van der Waals surface area contributed by atoms with Gasteiger partial charge in [0.25, 0.3) is 0 Å². The molecule has 0 bridgehead atoms. The molecule has 0 fully saturated rings. The van der Waals surface area contributed by atoms with Gasteiger partial charge in [0.15, 0.2) is 5.82 Å². The zero-order valence-corrected chi connectivity index (χ0v) is 27.1. The molecular formula is C46H30N4.